The highest BCUT2D eigenvalue weighted by atomic mass is 32.1. The van der Waals surface area contributed by atoms with Crippen LogP contribution in [0.25, 0.3) is 0 Å². The van der Waals surface area contributed by atoms with Gasteiger partial charge in [-0.25, -0.2) is 9.45 Å². The SMILES string of the molecule is N#COOOP(=O)(OOOF)[PH](=O)F. The molecule has 9 nitrogen and oxygen atoms in total. The van der Waals surface area contributed by atoms with Gasteiger partial charge in [-0.05, 0) is 9.56 Å². The maximum atomic E-state index is 12.1. The lowest BCUT2D eigenvalue weighted by Gasteiger charge is -2.06. The molecule has 14 heavy (non-hydrogen) atoms. The smallest absolute Gasteiger partial charge is 0.278 e. The number of hydrogen-bond acceptors (Lipinski definition) is 9. The molecule has 2 atom stereocenters. The highest BCUT2D eigenvalue weighted by Gasteiger charge is 2.38. The average molecular weight is 255 g/mol. The van der Waals surface area contributed by atoms with Crippen LogP contribution in [0.1, 0.15) is 0 Å². The Hall–Kier alpha value is -0.590. The summed E-state index contributed by atoms with van der Waals surface area (Å²) < 4.78 is 50.4. The molecule has 0 heterocycles. The molecule has 82 valence electrons. The van der Waals surface area contributed by atoms with E-state index in [0.29, 0.717) is 0 Å². The van der Waals surface area contributed by atoms with Gasteiger partial charge in [0.25, 0.3) is 0 Å². The maximum Gasteiger partial charge on any atom is 0.472 e. The van der Waals surface area contributed by atoms with Crippen LogP contribution in [0.4, 0.5) is 8.72 Å². The molecule has 0 bridgehead atoms. The van der Waals surface area contributed by atoms with Gasteiger partial charge in [-0.3, -0.25) is 4.57 Å². The Morgan fingerprint density at radius 1 is 1.36 bits per heavy atom. The monoisotopic (exact) mass is 255 g/mol. The fourth-order valence-corrected chi connectivity index (χ4v) is 1.08. The van der Waals surface area contributed by atoms with Crippen molar-refractivity contribution in [2.75, 3.05) is 0 Å². The van der Waals surface area contributed by atoms with E-state index >= 15 is 0 Å². The zero-order valence-electron chi connectivity index (χ0n) is 5.92. The molecule has 0 rings (SSSR count). The molecule has 0 aliphatic carbocycles. The van der Waals surface area contributed by atoms with Gasteiger partial charge in [0, 0.05) is 10.1 Å². The summed E-state index contributed by atoms with van der Waals surface area (Å²) in [4.78, 5) is 3.31. The van der Waals surface area contributed by atoms with Crippen molar-refractivity contribution >= 4 is 15.1 Å². The third-order valence-electron chi connectivity index (χ3n) is 0.569. The minimum atomic E-state index is -5.04. The van der Waals surface area contributed by atoms with E-state index < -0.39 is 15.1 Å². The summed E-state index contributed by atoms with van der Waals surface area (Å²) in [5.74, 6) is 0. The zero-order valence-corrected chi connectivity index (χ0v) is 7.81. The first-order valence-corrected chi connectivity index (χ1v) is 6.08. The molecule has 0 saturated heterocycles. The lowest BCUT2D eigenvalue weighted by atomic mass is 11.6. The van der Waals surface area contributed by atoms with Crippen molar-refractivity contribution in [3.8, 4) is 6.26 Å². The second-order valence-corrected chi connectivity index (χ2v) is 5.77. The number of nitriles is 1. The van der Waals surface area contributed by atoms with Gasteiger partial charge in [-0.2, -0.15) is 4.20 Å². The molecule has 0 amide bonds. The Balaban J connectivity index is 4.19. The Morgan fingerprint density at radius 2 is 1.93 bits per heavy atom. The van der Waals surface area contributed by atoms with Crippen LogP contribution >= 0.6 is 15.1 Å². The lowest BCUT2D eigenvalue weighted by molar-refractivity contribution is -0.559. The van der Waals surface area contributed by atoms with E-state index in [1.165, 1.54) is 0 Å². The first-order chi connectivity index (χ1) is 6.56. The van der Waals surface area contributed by atoms with Crippen molar-refractivity contribution in [1.82, 2.24) is 0 Å². The fourth-order valence-electron chi connectivity index (χ4n) is 0.193. The van der Waals surface area contributed by atoms with E-state index in [-0.39, 0.29) is 0 Å². The average Bonchev–Trinajstić information content (AvgIpc) is 2.15. The molecule has 0 aromatic carbocycles. The summed E-state index contributed by atoms with van der Waals surface area (Å²) in [6.45, 7) is 0. The van der Waals surface area contributed by atoms with Gasteiger partial charge in [0.05, 0.1) is 0 Å². The van der Waals surface area contributed by atoms with Crippen LogP contribution < -0.4 is 0 Å². The summed E-state index contributed by atoms with van der Waals surface area (Å²) in [7, 11) is -9.49. The summed E-state index contributed by atoms with van der Waals surface area (Å²) in [6, 6.07) is 0. The quantitative estimate of drug-likeness (QED) is 0.220. The van der Waals surface area contributed by atoms with Gasteiger partial charge in [0.2, 0.25) is 0 Å². The molecule has 13 heteroatoms. The lowest BCUT2D eigenvalue weighted by Crippen LogP contribution is -1.93. The molecule has 0 N–H and O–H groups in total. The van der Waals surface area contributed by atoms with Gasteiger partial charge in [0.1, 0.15) is 0 Å². The van der Waals surface area contributed by atoms with Crippen molar-refractivity contribution in [3.05, 3.63) is 0 Å². The second kappa shape index (κ2) is 6.80. The van der Waals surface area contributed by atoms with Gasteiger partial charge in [0.15, 0.2) is 0 Å². The number of nitrogens with zero attached hydrogens (tertiary/aromatic N) is 1. The summed E-state index contributed by atoms with van der Waals surface area (Å²) >= 11 is 0. The van der Waals surface area contributed by atoms with E-state index in [0.717, 1.165) is 6.26 Å². The first kappa shape index (κ1) is 13.4. The highest BCUT2D eigenvalue weighted by molar-refractivity contribution is 8.20. The molecule has 2 unspecified atom stereocenters. The van der Waals surface area contributed by atoms with Crippen molar-refractivity contribution in [1.29, 1.82) is 5.26 Å². The van der Waals surface area contributed by atoms with Gasteiger partial charge < -0.3 is 0 Å². The zero-order chi connectivity index (χ0) is 11.0. The molecule has 0 saturated carbocycles. The predicted molar refractivity (Wildman–Crippen MR) is 30.9 cm³/mol. The van der Waals surface area contributed by atoms with Crippen LogP contribution in [0.5, 0.6) is 0 Å². The highest BCUT2D eigenvalue weighted by Crippen LogP contribution is 2.71. The minimum Gasteiger partial charge on any atom is -0.278 e. The van der Waals surface area contributed by atoms with Crippen LogP contribution in [0.3, 0.4) is 0 Å². The van der Waals surface area contributed by atoms with Crippen molar-refractivity contribution in [3.63, 3.8) is 0 Å². The Bertz CT molecular complexity index is 275. The normalized spacial score (nSPS) is 16.6. The van der Waals surface area contributed by atoms with E-state index in [4.69, 9.17) is 5.26 Å². The largest absolute Gasteiger partial charge is 0.472 e. The fraction of sp³-hybridized carbons (Fsp3) is 0. The number of rotatable bonds is 7. The molecule has 0 aromatic heterocycles. The molecule has 0 spiro atoms. The van der Waals surface area contributed by atoms with E-state index in [9.17, 15) is 17.9 Å². The molecular weight excluding hydrogens is 254 g/mol. The molecule has 0 radical (unpaired) electrons. The Labute approximate surface area is 74.9 Å². The Morgan fingerprint density at radius 3 is 2.36 bits per heavy atom. The van der Waals surface area contributed by atoms with Crippen molar-refractivity contribution in [2.24, 2.45) is 0 Å². The molecule has 0 aromatic rings. The van der Waals surface area contributed by atoms with E-state index in [1.807, 2.05) is 0 Å². The van der Waals surface area contributed by atoms with Crippen LogP contribution in [0.2, 0.25) is 0 Å². The van der Waals surface area contributed by atoms with Crippen molar-refractivity contribution < 1.29 is 47.3 Å². The number of hydrogen-bond donors (Lipinski definition) is 0. The molecule has 0 fully saturated rings. The predicted octanol–water partition coefficient (Wildman–Crippen LogP) is 1.66. The summed E-state index contributed by atoms with van der Waals surface area (Å²) in [5.41, 5.74) is 0. The standard InChI is InChI=1S/CHF2NO8P2/c2-8-10-12-14(6,13(3)5)11-9-7-1-4/h13H. The van der Waals surface area contributed by atoms with Crippen LogP contribution in [-0.2, 0) is 38.5 Å². The second-order valence-electron chi connectivity index (χ2n) is 1.27. The van der Waals surface area contributed by atoms with Crippen LogP contribution in [-0.4, -0.2) is 0 Å². The van der Waals surface area contributed by atoms with E-state index in [1.54, 1.807) is 0 Å². The molecular formula is CHF2NO8P2. The van der Waals surface area contributed by atoms with E-state index in [2.05, 4.69) is 29.4 Å². The van der Waals surface area contributed by atoms with Gasteiger partial charge in [-0.1, -0.05) is 4.67 Å². The molecule has 0 aliphatic heterocycles. The third-order valence-corrected chi connectivity index (χ3v) is 3.25. The van der Waals surface area contributed by atoms with Gasteiger partial charge >= 0.3 is 21.3 Å². The summed E-state index contributed by atoms with van der Waals surface area (Å²) in [5, 5.41) is 16.1. The summed E-state index contributed by atoms with van der Waals surface area (Å²) in [6.07, 6.45) is 0.852. The molecule has 0 aliphatic rings. The third kappa shape index (κ3) is 4.59. The van der Waals surface area contributed by atoms with Gasteiger partial charge in [-0.15, -0.1) is 9.94 Å². The number of halogens is 2. The van der Waals surface area contributed by atoms with Crippen molar-refractivity contribution in [2.45, 2.75) is 0 Å². The van der Waals surface area contributed by atoms with Crippen LogP contribution in [0.15, 0.2) is 0 Å². The first-order valence-electron chi connectivity index (χ1n) is 2.41. The van der Waals surface area contributed by atoms with Crippen LogP contribution in [0, 0.1) is 11.5 Å². The topological polar surface area (TPSA) is 113 Å². The Kier molecular flexibility index (Phi) is 6.52. The minimum absolute atomic E-state index is 0.852. The maximum absolute atomic E-state index is 12.1.